The smallest absolute Gasteiger partial charge is 0.280 e. The number of hydrogen-bond donors (Lipinski definition) is 1. The van der Waals surface area contributed by atoms with Gasteiger partial charge in [-0.05, 0) is 23.1 Å². The van der Waals surface area contributed by atoms with Crippen molar-refractivity contribution < 1.29 is 9.59 Å². The maximum absolute atomic E-state index is 11.3. The minimum atomic E-state index is -0.607. The molecule has 1 N–H and O–H groups in total. The monoisotopic (exact) mass is 285 g/mol. The molecule has 15 heavy (non-hydrogen) atoms. The fraction of sp³-hybridized carbons (Fsp3) is 0.100. The first-order valence-electron chi connectivity index (χ1n) is 4.29. The van der Waals surface area contributed by atoms with Gasteiger partial charge in [0, 0.05) is 4.47 Å². The molecular weight excluding hydrogens is 278 g/mol. The van der Waals surface area contributed by atoms with Gasteiger partial charge in [0.2, 0.25) is 5.91 Å². The summed E-state index contributed by atoms with van der Waals surface area (Å²) in [7, 11) is -0.607. The molecule has 1 fully saturated rings. The lowest BCUT2D eigenvalue weighted by atomic mass is 10.2. The standard InChI is InChI=1S/C10H8BrNO2S/c11-8-3-1-2-7(4-8)5-15-6-9(13)12-10(15)14/h1-5H,6H2,(H,12,13,14). The van der Waals surface area contributed by atoms with Crippen LogP contribution in [0.15, 0.2) is 28.7 Å². The number of halogens is 1. The van der Waals surface area contributed by atoms with Crippen LogP contribution < -0.4 is 5.32 Å². The first kappa shape index (κ1) is 10.6. The second kappa shape index (κ2) is 4.28. The number of rotatable bonds is 1. The fourth-order valence-corrected chi connectivity index (χ4v) is 3.07. The van der Waals surface area contributed by atoms with Gasteiger partial charge in [-0.2, -0.15) is 0 Å². The average molecular weight is 286 g/mol. The molecule has 5 heteroatoms. The van der Waals surface area contributed by atoms with Gasteiger partial charge in [0.1, 0.15) is 0 Å². The van der Waals surface area contributed by atoms with Crippen molar-refractivity contribution >= 4 is 42.9 Å². The van der Waals surface area contributed by atoms with Crippen LogP contribution in [0.25, 0.3) is 0 Å². The molecule has 0 bridgehead atoms. The zero-order valence-electron chi connectivity index (χ0n) is 7.70. The molecular formula is C10H8BrNO2S. The first-order chi connectivity index (χ1) is 7.15. The molecule has 2 rings (SSSR count). The van der Waals surface area contributed by atoms with E-state index in [1.54, 1.807) is 0 Å². The number of benzene rings is 1. The molecule has 2 amide bonds. The van der Waals surface area contributed by atoms with Gasteiger partial charge >= 0.3 is 0 Å². The molecule has 1 unspecified atom stereocenters. The Balaban J connectivity index is 2.31. The predicted octanol–water partition coefficient (Wildman–Crippen LogP) is 2.12. The Hall–Kier alpha value is -0.940. The van der Waals surface area contributed by atoms with Gasteiger partial charge in [0.25, 0.3) is 5.24 Å². The van der Waals surface area contributed by atoms with Gasteiger partial charge in [-0.1, -0.05) is 38.5 Å². The van der Waals surface area contributed by atoms with Crippen molar-refractivity contribution in [2.75, 3.05) is 5.75 Å². The number of carbonyl (C=O) groups is 2. The summed E-state index contributed by atoms with van der Waals surface area (Å²) in [6, 6.07) is 7.65. The summed E-state index contributed by atoms with van der Waals surface area (Å²) >= 11 is 3.35. The van der Waals surface area contributed by atoms with Crippen LogP contribution in [0.3, 0.4) is 0 Å². The van der Waals surface area contributed by atoms with E-state index in [0.717, 1.165) is 10.0 Å². The minimum absolute atomic E-state index is 0.181. The van der Waals surface area contributed by atoms with E-state index in [4.69, 9.17) is 0 Å². The van der Waals surface area contributed by atoms with Crippen molar-refractivity contribution in [2.45, 2.75) is 0 Å². The molecule has 0 aliphatic carbocycles. The lowest BCUT2D eigenvalue weighted by Gasteiger charge is -1.96. The Morgan fingerprint density at radius 2 is 2.20 bits per heavy atom. The zero-order chi connectivity index (χ0) is 10.8. The third-order valence-corrected chi connectivity index (χ3v) is 4.09. The quantitative estimate of drug-likeness (QED) is 0.804. The van der Waals surface area contributed by atoms with E-state index in [2.05, 4.69) is 21.2 Å². The molecule has 3 nitrogen and oxygen atoms in total. The van der Waals surface area contributed by atoms with E-state index in [-0.39, 0.29) is 16.9 Å². The van der Waals surface area contributed by atoms with Gasteiger partial charge in [-0.25, -0.2) is 0 Å². The molecule has 1 aliphatic rings. The van der Waals surface area contributed by atoms with Gasteiger partial charge in [0.05, 0.1) is 5.75 Å². The molecule has 0 radical (unpaired) electrons. The van der Waals surface area contributed by atoms with E-state index >= 15 is 0 Å². The molecule has 1 saturated heterocycles. The van der Waals surface area contributed by atoms with Crippen LogP contribution >= 0.6 is 26.4 Å². The highest BCUT2D eigenvalue weighted by Gasteiger charge is 2.22. The molecule has 0 spiro atoms. The van der Waals surface area contributed by atoms with Gasteiger partial charge < -0.3 is 0 Å². The van der Waals surface area contributed by atoms with Crippen LogP contribution in [-0.4, -0.2) is 22.3 Å². The van der Waals surface area contributed by atoms with Gasteiger partial charge in [-0.15, -0.1) is 0 Å². The highest BCUT2D eigenvalue weighted by Crippen LogP contribution is 2.21. The molecule has 1 aromatic carbocycles. The summed E-state index contributed by atoms with van der Waals surface area (Å²) in [6.07, 6.45) is 0. The van der Waals surface area contributed by atoms with E-state index in [1.807, 2.05) is 29.6 Å². The van der Waals surface area contributed by atoms with E-state index in [0.29, 0.717) is 0 Å². The summed E-state index contributed by atoms with van der Waals surface area (Å²) in [4.78, 5) is 22.3. The highest BCUT2D eigenvalue weighted by molar-refractivity contribution is 9.10. The van der Waals surface area contributed by atoms with E-state index < -0.39 is 10.5 Å². The lowest BCUT2D eigenvalue weighted by Crippen LogP contribution is -2.18. The average Bonchev–Trinajstić information content (AvgIpc) is 2.45. The third-order valence-electron chi connectivity index (χ3n) is 1.89. The molecule has 78 valence electrons. The number of nitrogens with one attached hydrogen (secondary N) is 1. The molecule has 0 saturated carbocycles. The summed E-state index contributed by atoms with van der Waals surface area (Å²) in [5, 5.41) is 3.95. The third kappa shape index (κ3) is 2.54. The maximum atomic E-state index is 11.3. The van der Waals surface area contributed by atoms with Gasteiger partial charge in [-0.3, -0.25) is 14.9 Å². The summed E-state index contributed by atoms with van der Waals surface area (Å²) < 4.78 is 0.964. The van der Waals surface area contributed by atoms with Crippen molar-refractivity contribution in [2.24, 2.45) is 0 Å². The fourth-order valence-electron chi connectivity index (χ4n) is 1.26. The van der Waals surface area contributed by atoms with Crippen LogP contribution in [0, 0.1) is 0 Å². The highest BCUT2D eigenvalue weighted by atomic mass is 79.9. The molecule has 1 aromatic rings. The minimum Gasteiger partial charge on any atom is -0.287 e. The van der Waals surface area contributed by atoms with Crippen LogP contribution in [0.1, 0.15) is 5.56 Å². The Labute approximate surface area is 97.9 Å². The lowest BCUT2D eigenvalue weighted by molar-refractivity contribution is -0.117. The summed E-state index contributed by atoms with van der Waals surface area (Å²) in [6.45, 7) is 0. The van der Waals surface area contributed by atoms with Gasteiger partial charge in [0.15, 0.2) is 0 Å². The Bertz CT molecular complexity index is 470. The van der Waals surface area contributed by atoms with Crippen molar-refractivity contribution in [3.63, 3.8) is 0 Å². The van der Waals surface area contributed by atoms with Crippen LogP contribution in [0.5, 0.6) is 0 Å². The molecule has 1 aliphatic heterocycles. The SMILES string of the molecule is O=C1C/S(=C\c2cccc(Br)c2)C(=O)N1. The van der Waals surface area contributed by atoms with Crippen LogP contribution in [-0.2, 0) is 4.79 Å². The second-order valence-corrected chi connectivity index (χ2v) is 5.75. The number of amides is 2. The number of hydrogen-bond acceptors (Lipinski definition) is 2. The largest absolute Gasteiger partial charge is 0.287 e. The van der Waals surface area contributed by atoms with E-state index in [1.165, 1.54) is 0 Å². The Morgan fingerprint density at radius 3 is 2.80 bits per heavy atom. The van der Waals surface area contributed by atoms with Crippen LogP contribution in [0.4, 0.5) is 4.79 Å². The second-order valence-electron chi connectivity index (χ2n) is 3.08. The summed E-state index contributed by atoms with van der Waals surface area (Å²) in [5.74, 6) is 0.0975. The molecule has 0 aromatic heterocycles. The van der Waals surface area contributed by atoms with Crippen molar-refractivity contribution in [1.82, 2.24) is 5.32 Å². The van der Waals surface area contributed by atoms with E-state index in [9.17, 15) is 9.59 Å². The zero-order valence-corrected chi connectivity index (χ0v) is 10.1. The maximum Gasteiger partial charge on any atom is 0.280 e. The normalized spacial score (nSPS) is 20.7. The topological polar surface area (TPSA) is 46.2 Å². The first-order valence-corrected chi connectivity index (χ1v) is 6.54. The number of carbonyl (C=O) groups excluding carboxylic acids is 2. The van der Waals surface area contributed by atoms with Crippen molar-refractivity contribution in [1.29, 1.82) is 0 Å². The van der Waals surface area contributed by atoms with Crippen molar-refractivity contribution in [3.05, 3.63) is 34.3 Å². The Kier molecular flexibility index (Phi) is 3.02. The van der Waals surface area contributed by atoms with Crippen molar-refractivity contribution in [3.8, 4) is 0 Å². The van der Waals surface area contributed by atoms with Crippen LogP contribution in [0.2, 0.25) is 0 Å². The number of imide groups is 1. The Morgan fingerprint density at radius 1 is 1.40 bits per heavy atom. The molecule has 1 atom stereocenters. The molecule has 1 heterocycles. The predicted molar refractivity (Wildman–Crippen MR) is 65.3 cm³/mol. The summed E-state index contributed by atoms with van der Waals surface area (Å²) in [5.41, 5.74) is 0.956.